The maximum Gasteiger partial charge on any atom is 0.243 e. The summed E-state index contributed by atoms with van der Waals surface area (Å²) >= 11 is 0. The van der Waals surface area contributed by atoms with Crippen LogP contribution < -0.4 is 19.7 Å². The average Bonchev–Trinajstić information content (AvgIpc) is 3.34. The third kappa shape index (κ3) is 5.59. The largest absolute Gasteiger partial charge is 0.489 e. The van der Waals surface area contributed by atoms with Crippen molar-refractivity contribution in [3.8, 4) is 11.6 Å². The molecule has 0 spiro atoms. The summed E-state index contributed by atoms with van der Waals surface area (Å²) in [6.07, 6.45) is 10.6. The lowest BCUT2D eigenvalue weighted by molar-refractivity contribution is -0.139. The van der Waals surface area contributed by atoms with Gasteiger partial charge in [-0.3, -0.25) is 9.59 Å². The number of nitrogens with one attached hydrogen (secondary N) is 1. The summed E-state index contributed by atoms with van der Waals surface area (Å²) in [5, 5.41) is 4.83. The first kappa shape index (κ1) is 26.3. The highest BCUT2D eigenvalue weighted by Gasteiger charge is 2.41. The normalized spacial score (nSPS) is 27.7. The van der Waals surface area contributed by atoms with Crippen LogP contribution in [0.2, 0.25) is 0 Å². The minimum atomic E-state index is -0.543. The fraction of sp³-hybridized carbons (Fsp3) is 0.567. The molecule has 0 saturated carbocycles. The van der Waals surface area contributed by atoms with Crippen molar-refractivity contribution in [3.05, 3.63) is 36.5 Å². The van der Waals surface area contributed by atoms with Crippen LogP contribution >= 0.6 is 0 Å². The van der Waals surface area contributed by atoms with Gasteiger partial charge in [-0.15, -0.1) is 0 Å². The molecule has 0 aliphatic carbocycles. The monoisotopic (exact) mass is 520 g/mol. The minimum absolute atomic E-state index is 0.0410. The van der Waals surface area contributed by atoms with Gasteiger partial charge in [0.2, 0.25) is 17.7 Å². The first-order valence-corrected chi connectivity index (χ1v) is 14.1. The number of likely N-dealkylation sites (N-methyl/N-ethyl adjacent to an activating group) is 1. The predicted molar refractivity (Wildman–Crippen MR) is 149 cm³/mol. The number of carbonyl (C=O) groups is 2. The number of pyridine rings is 1. The summed E-state index contributed by atoms with van der Waals surface area (Å²) in [4.78, 5) is 35.2. The van der Waals surface area contributed by atoms with Gasteiger partial charge in [0.25, 0.3) is 0 Å². The number of anilines is 1. The summed E-state index contributed by atoms with van der Waals surface area (Å²) < 4.78 is 12.4. The molecule has 5 rings (SSSR count). The van der Waals surface area contributed by atoms with Crippen molar-refractivity contribution in [2.75, 3.05) is 38.2 Å². The highest BCUT2D eigenvalue weighted by Crippen LogP contribution is 2.40. The Hall–Kier alpha value is -3.29. The van der Waals surface area contributed by atoms with E-state index in [-0.39, 0.29) is 17.9 Å². The van der Waals surface area contributed by atoms with Crippen molar-refractivity contribution in [1.82, 2.24) is 15.2 Å². The Bertz CT molecular complexity index is 1200. The van der Waals surface area contributed by atoms with E-state index < -0.39 is 6.04 Å². The van der Waals surface area contributed by atoms with Gasteiger partial charge in [0.1, 0.15) is 18.8 Å². The first-order chi connectivity index (χ1) is 18.4. The average molecular weight is 521 g/mol. The maximum atomic E-state index is 13.5. The van der Waals surface area contributed by atoms with E-state index in [2.05, 4.69) is 42.2 Å². The second-order valence-electron chi connectivity index (χ2n) is 11.0. The molecule has 3 aliphatic rings. The molecular weight excluding hydrogens is 480 g/mol. The molecule has 38 heavy (non-hydrogen) atoms. The van der Waals surface area contributed by atoms with E-state index in [1.165, 1.54) is 0 Å². The molecule has 2 amide bonds. The van der Waals surface area contributed by atoms with Crippen molar-refractivity contribution >= 4 is 28.3 Å². The second-order valence-corrected chi connectivity index (χ2v) is 11.0. The molecule has 4 heterocycles. The standard InChI is InChI=1S/C30H40N4O4/c1-4-21-16-20(2)8-6-5-7-12-31-29(36)26-18-22(19-34(26)27(35)17-21)38-30-24-9-10-25-28(23(24)11-13-32-30)37-15-14-33(25)3/h5,7,9-11,13,20-22,26H,4,6,8,12,14-19H2,1-3H3,(H,31,36)/b7-5-/t20-,21-,22-,26+/m1/s1. The lowest BCUT2D eigenvalue weighted by Gasteiger charge is -2.28. The number of hydrogen-bond acceptors (Lipinski definition) is 6. The summed E-state index contributed by atoms with van der Waals surface area (Å²) in [6.45, 7) is 6.75. The first-order valence-electron chi connectivity index (χ1n) is 14.1. The third-order valence-electron chi connectivity index (χ3n) is 8.25. The van der Waals surface area contributed by atoms with E-state index >= 15 is 0 Å². The van der Waals surface area contributed by atoms with Crippen LogP contribution in [0.15, 0.2) is 36.5 Å². The molecule has 1 N–H and O–H groups in total. The number of ether oxygens (including phenoxy) is 2. The zero-order valence-corrected chi connectivity index (χ0v) is 22.8. The number of aromatic nitrogens is 1. The lowest BCUT2D eigenvalue weighted by Crippen LogP contribution is -2.46. The molecule has 1 aromatic carbocycles. The van der Waals surface area contributed by atoms with Gasteiger partial charge in [0.05, 0.1) is 18.8 Å². The van der Waals surface area contributed by atoms with Gasteiger partial charge >= 0.3 is 0 Å². The molecule has 1 fully saturated rings. The number of allylic oxidation sites excluding steroid dienone is 1. The van der Waals surface area contributed by atoms with Gasteiger partial charge < -0.3 is 24.6 Å². The number of nitrogens with zero attached hydrogens (tertiary/aromatic N) is 3. The number of benzene rings is 1. The van der Waals surface area contributed by atoms with Crippen LogP contribution in [-0.4, -0.2) is 67.1 Å². The summed E-state index contributed by atoms with van der Waals surface area (Å²) in [5.41, 5.74) is 1.05. The summed E-state index contributed by atoms with van der Waals surface area (Å²) in [6, 6.07) is 5.47. The fourth-order valence-corrected chi connectivity index (χ4v) is 6.01. The van der Waals surface area contributed by atoms with E-state index in [1.54, 1.807) is 11.1 Å². The zero-order chi connectivity index (χ0) is 26.6. The molecule has 4 atom stereocenters. The molecule has 3 aliphatic heterocycles. The van der Waals surface area contributed by atoms with Crippen molar-refractivity contribution < 1.29 is 19.1 Å². The molecule has 0 radical (unpaired) electrons. The summed E-state index contributed by atoms with van der Waals surface area (Å²) in [5.74, 6) is 2.15. The van der Waals surface area contributed by atoms with Crippen LogP contribution in [0.25, 0.3) is 10.8 Å². The topological polar surface area (TPSA) is 84.0 Å². The number of amides is 2. The Labute approximate surface area is 225 Å². The van der Waals surface area contributed by atoms with Crippen molar-refractivity contribution in [2.24, 2.45) is 11.8 Å². The fourth-order valence-electron chi connectivity index (χ4n) is 6.01. The number of carbonyl (C=O) groups excluding carboxylic acids is 2. The van der Waals surface area contributed by atoms with Crippen LogP contribution in [0, 0.1) is 11.8 Å². The van der Waals surface area contributed by atoms with E-state index in [1.807, 2.05) is 24.3 Å². The Morgan fingerprint density at radius 2 is 2.03 bits per heavy atom. The molecular formula is C30H40N4O4. The van der Waals surface area contributed by atoms with Gasteiger partial charge in [-0.2, -0.15) is 0 Å². The van der Waals surface area contributed by atoms with E-state index in [9.17, 15) is 9.59 Å². The Kier molecular flexibility index (Phi) is 8.05. The van der Waals surface area contributed by atoms with Crippen LogP contribution in [0.5, 0.6) is 11.6 Å². The van der Waals surface area contributed by atoms with Gasteiger partial charge in [-0.25, -0.2) is 4.98 Å². The van der Waals surface area contributed by atoms with Crippen molar-refractivity contribution in [2.45, 2.75) is 64.5 Å². The predicted octanol–water partition coefficient (Wildman–Crippen LogP) is 4.32. The molecule has 0 unspecified atom stereocenters. The Balaban J connectivity index is 1.38. The third-order valence-corrected chi connectivity index (χ3v) is 8.25. The number of rotatable bonds is 3. The van der Waals surface area contributed by atoms with Gasteiger partial charge in [0.15, 0.2) is 5.75 Å². The number of fused-ring (bicyclic) bond motifs is 4. The second kappa shape index (κ2) is 11.6. The van der Waals surface area contributed by atoms with Gasteiger partial charge in [-0.1, -0.05) is 32.4 Å². The molecule has 8 nitrogen and oxygen atoms in total. The van der Waals surface area contributed by atoms with E-state index in [0.29, 0.717) is 50.3 Å². The van der Waals surface area contributed by atoms with Gasteiger partial charge in [0, 0.05) is 43.4 Å². The SMILES string of the molecule is CC[C@H]1CC(=O)N2C[C@H](Oc3nccc4c5c(ccc34)N(C)CCO5)C[C@H]2C(=O)NC/C=C\CC[C@@H](C)C1. The molecule has 1 aromatic heterocycles. The molecule has 2 aromatic rings. The highest BCUT2D eigenvalue weighted by atomic mass is 16.5. The smallest absolute Gasteiger partial charge is 0.243 e. The van der Waals surface area contributed by atoms with Gasteiger partial charge in [-0.05, 0) is 49.3 Å². The minimum Gasteiger partial charge on any atom is -0.489 e. The highest BCUT2D eigenvalue weighted by molar-refractivity contribution is 5.96. The molecule has 204 valence electrons. The van der Waals surface area contributed by atoms with Crippen LogP contribution in [0.4, 0.5) is 5.69 Å². The Morgan fingerprint density at radius 1 is 1.16 bits per heavy atom. The zero-order valence-electron chi connectivity index (χ0n) is 22.8. The maximum absolute atomic E-state index is 13.5. The van der Waals surface area contributed by atoms with Crippen molar-refractivity contribution in [1.29, 1.82) is 0 Å². The van der Waals surface area contributed by atoms with E-state index in [0.717, 1.165) is 54.4 Å². The van der Waals surface area contributed by atoms with Crippen molar-refractivity contribution in [3.63, 3.8) is 0 Å². The van der Waals surface area contributed by atoms with Crippen LogP contribution in [0.1, 0.15) is 52.4 Å². The summed E-state index contributed by atoms with van der Waals surface area (Å²) in [7, 11) is 2.06. The van der Waals surface area contributed by atoms with Crippen LogP contribution in [0.3, 0.4) is 0 Å². The molecule has 0 bridgehead atoms. The molecule has 8 heteroatoms. The molecule has 1 saturated heterocycles. The quantitative estimate of drug-likeness (QED) is 0.607. The Morgan fingerprint density at radius 3 is 2.87 bits per heavy atom. The lowest BCUT2D eigenvalue weighted by atomic mass is 9.88. The van der Waals surface area contributed by atoms with E-state index in [4.69, 9.17) is 9.47 Å². The number of hydrogen-bond donors (Lipinski definition) is 1. The van der Waals surface area contributed by atoms with Crippen LogP contribution in [-0.2, 0) is 9.59 Å².